The van der Waals surface area contributed by atoms with Crippen molar-refractivity contribution >= 4 is 57.8 Å². The maximum Gasteiger partial charge on any atom is 0.340 e. The first-order chi connectivity index (χ1) is 13.9. The monoisotopic (exact) mass is 453 g/mol. The summed E-state index contributed by atoms with van der Waals surface area (Å²) in [6.45, 7) is -0.399. The third-order valence-corrected chi connectivity index (χ3v) is 5.68. The third kappa shape index (κ3) is 6.03. The number of hydrogen-bond acceptors (Lipinski definition) is 6. The van der Waals surface area contributed by atoms with Gasteiger partial charge in [-0.25, -0.2) is 4.79 Å². The molecule has 0 saturated heterocycles. The van der Waals surface area contributed by atoms with Crippen molar-refractivity contribution in [3.8, 4) is 0 Å². The van der Waals surface area contributed by atoms with E-state index in [-0.39, 0.29) is 11.3 Å². The molecule has 0 saturated carbocycles. The lowest BCUT2D eigenvalue weighted by molar-refractivity contribution is 0.0477. The Labute approximate surface area is 178 Å². The minimum atomic E-state index is -2.49. The number of thiophene rings is 1. The first kappa shape index (κ1) is 21.3. The molecule has 0 bridgehead atoms. The van der Waals surface area contributed by atoms with Crippen LogP contribution in [0.1, 0.15) is 20.0 Å². The number of para-hydroxylation sites is 1. The topological polar surface area (TPSA) is 55.4 Å². The molecule has 0 aliphatic rings. The summed E-state index contributed by atoms with van der Waals surface area (Å²) in [6.07, 6.45) is 0. The summed E-state index contributed by atoms with van der Waals surface area (Å²) in [5.74, 6) is -3.49. The van der Waals surface area contributed by atoms with Crippen molar-refractivity contribution in [1.29, 1.82) is 0 Å². The highest BCUT2D eigenvalue weighted by Crippen LogP contribution is 2.28. The van der Waals surface area contributed by atoms with Gasteiger partial charge in [0.05, 0.1) is 20.5 Å². The Bertz CT molecular complexity index is 1010. The van der Waals surface area contributed by atoms with Crippen LogP contribution >= 0.6 is 34.7 Å². The Morgan fingerprint density at radius 1 is 1.07 bits per heavy atom. The van der Waals surface area contributed by atoms with Crippen LogP contribution in [-0.2, 0) is 4.74 Å². The first-order valence-corrected chi connectivity index (χ1v) is 10.4. The molecule has 0 amide bonds. The molecular weight excluding hydrogens is 440 g/mol. The Morgan fingerprint density at radius 3 is 2.45 bits per heavy atom. The number of nitrogens with one attached hydrogen (secondary N) is 1. The van der Waals surface area contributed by atoms with Crippen molar-refractivity contribution in [2.75, 3.05) is 11.9 Å². The summed E-state index contributed by atoms with van der Waals surface area (Å²) in [6, 6.07) is 16.2. The molecule has 29 heavy (non-hydrogen) atoms. The highest BCUT2D eigenvalue weighted by molar-refractivity contribution is 7.99. The quantitative estimate of drug-likeness (QED) is 0.240. The second-order valence-electron chi connectivity index (χ2n) is 5.68. The molecular formula is C20H14ClF2NO3S2. The number of rotatable bonds is 8. The number of carbonyl (C=O) groups is 2. The van der Waals surface area contributed by atoms with E-state index >= 15 is 0 Å². The molecule has 1 aromatic heterocycles. The van der Waals surface area contributed by atoms with Gasteiger partial charge in [0, 0.05) is 10.6 Å². The zero-order chi connectivity index (χ0) is 20.8. The summed E-state index contributed by atoms with van der Waals surface area (Å²) < 4.78 is 30.5. The number of ketones is 1. The number of halogens is 3. The summed E-state index contributed by atoms with van der Waals surface area (Å²) in [4.78, 5) is 25.4. The van der Waals surface area contributed by atoms with Gasteiger partial charge in [0.1, 0.15) is 0 Å². The Balaban J connectivity index is 1.66. The zero-order valence-electron chi connectivity index (χ0n) is 14.7. The second-order valence-corrected chi connectivity index (χ2v) is 8.46. The number of hydrogen-bond donors (Lipinski definition) is 1. The van der Waals surface area contributed by atoms with Gasteiger partial charge in [-0.2, -0.15) is 8.78 Å². The van der Waals surface area contributed by atoms with E-state index in [1.807, 2.05) is 0 Å². The van der Waals surface area contributed by atoms with Gasteiger partial charge in [-0.15, -0.1) is 11.3 Å². The van der Waals surface area contributed by atoms with Crippen LogP contribution in [0.2, 0.25) is 4.34 Å². The molecule has 0 atom stereocenters. The number of thioether (sulfide) groups is 1. The highest BCUT2D eigenvalue weighted by atomic mass is 35.5. The van der Waals surface area contributed by atoms with Gasteiger partial charge >= 0.3 is 5.97 Å². The predicted molar refractivity (Wildman–Crippen MR) is 112 cm³/mol. The van der Waals surface area contributed by atoms with Crippen molar-refractivity contribution in [1.82, 2.24) is 0 Å². The van der Waals surface area contributed by atoms with Gasteiger partial charge in [0.15, 0.2) is 6.61 Å². The van der Waals surface area contributed by atoms with E-state index in [0.29, 0.717) is 37.2 Å². The zero-order valence-corrected chi connectivity index (χ0v) is 17.1. The van der Waals surface area contributed by atoms with Crippen LogP contribution in [0.25, 0.3) is 0 Å². The Kier molecular flexibility index (Phi) is 7.24. The molecule has 0 radical (unpaired) electrons. The lowest BCUT2D eigenvalue weighted by Gasteiger charge is -2.12. The van der Waals surface area contributed by atoms with Crippen LogP contribution in [0.15, 0.2) is 65.6 Å². The van der Waals surface area contributed by atoms with Gasteiger partial charge in [-0.3, -0.25) is 4.79 Å². The number of ether oxygens (including phenoxy) is 1. The van der Waals surface area contributed by atoms with Crippen LogP contribution in [0.5, 0.6) is 0 Å². The smallest absolute Gasteiger partial charge is 0.340 e. The third-order valence-electron chi connectivity index (χ3n) is 3.69. The molecule has 4 nitrogen and oxygen atoms in total. The maximum atomic E-state index is 12.4. The molecule has 9 heteroatoms. The van der Waals surface area contributed by atoms with Crippen LogP contribution in [-0.4, -0.2) is 24.1 Å². The number of anilines is 2. The van der Waals surface area contributed by atoms with E-state index in [0.717, 1.165) is 11.3 Å². The van der Waals surface area contributed by atoms with Gasteiger partial charge in [-0.1, -0.05) is 35.5 Å². The van der Waals surface area contributed by atoms with E-state index in [4.69, 9.17) is 16.3 Å². The average molecular weight is 454 g/mol. The molecule has 0 aliphatic carbocycles. The van der Waals surface area contributed by atoms with Crippen molar-refractivity contribution in [2.24, 2.45) is 0 Å². The van der Waals surface area contributed by atoms with Gasteiger partial charge < -0.3 is 10.1 Å². The second kappa shape index (κ2) is 9.87. The molecule has 0 fully saturated rings. The highest BCUT2D eigenvalue weighted by Gasteiger charge is 2.16. The SMILES string of the molecule is O=C(COC(=O)c1ccccc1Nc1ccc(SC(F)F)cc1)c1ccc(Cl)s1. The molecule has 3 rings (SSSR count). The summed E-state index contributed by atoms with van der Waals surface area (Å²) in [5, 5.41) is 3.06. The molecule has 0 aliphatic heterocycles. The lowest BCUT2D eigenvalue weighted by Crippen LogP contribution is -2.14. The molecule has 0 spiro atoms. The largest absolute Gasteiger partial charge is 0.454 e. The van der Waals surface area contributed by atoms with E-state index < -0.39 is 18.3 Å². The van der Waals surface area contributed by atoms with Crippen molar-refractivity contribution in [2.45, 2.75) is 10.7 Å². The Hall–Kier alpha value is -2.42. The van der Waals surface area contributed by atoms with Crippen LogP contribution < -0.4 is 5.32 Å². The maximum absolute atomic E-state index is 12.4. The summed E-state index contributed by atoms with van der Waals surface area (Å²) >= 11 is 7.38. The number of Topliss-reactive ketones (excluding diaryl/α,β-unsaturated/α-hetero) is 1. The van der Waals surface area contributed by atoms with E-state index in [9.17, 15) is 18.4 Å². The molecule has 150 valence electrons. The molecule has 0 unspecified atom stereocenters. The van der Waals surface area contributed by atoms with Crippen LogP contribution in [0.4, 0.5) is 20.2 Å². The summed E-state index contributed by atoms with van der Waals surface area (Å²) in [5.41, 5.74) is 1.34. The van der Waals surface area contributed by atoms with Crippen molar-refractivity contribution in [3.63, 3.8) is 0 Å². The van der Waals surface area contributed by atoms with E-state index in [2.05, 4.69) is 5.32 Å². The van der Waals surface area contributed by atoms with Crippen LogP contribution in [0, 0.1) is 0 Å². The van der Waals surface area contributed by atoms with Crippen molar-refractivity contribution < 1.29 is 23.1 Å². The van der Waals surface area contributed by atoms with E-state index in [1.165, 1.54) is 0 Å². The number of esters is 1. The fraction of sp³-hybridized carbons (Fsp3) is 0.100. The summed E-state index contributed by atoms with van der Waals surface area (Å²) in [7, 11) is 0. The van der Waals surface area contributed by atoms with Gasteiger partial charge in [0.25, 0.3) is 5.76 Å². The number of alkyl halides is 2. The predicted octanol–water partition coefficient (Wildman–Crippen LogP) is 6.50. The van der Waals surface area contributed by atoms with Crippen molar-refractivity contribution in [3.05, 3.63) is 75.4 Å². The average Bonchev–Trinajstić information content (AvgIpc) is 3.14. The van der Waals surface area contributed by atoms with Crippen LogP contribution in [0.3, 0.4) is 0 Å². The number of carbonyl (C=O) groups excluding carboxylic acids is 2. The molecule has 1 N–H and O–H groups in total. The molecule has 2 aromatic carbocycles. The Morgan fingerprint density at radius 2 is 1.79 bits per heavy atom. The molecule has 1 heterocycles. The number of benzene rings is 2. The fourth-order valence-electron chi connectivity index (χ4n) is 2.39. The first-order valence-electron chi connectivity index (χ1n) is 8.29. The minimum Gasteiger partial charge on any atom is -0.454 e. The van der Waals surface area contributed by atoms with Gasteiger partial charge in [0.2, 0.25) is 5.78 Å². The van der Waals surface area contributed by atoms with E-state index in [1.54, 1.807) is 60.7 Å². The molecule has 3 aromatic rings. The minimum absolute atomic E-state index is 0.246. The fourth-order valence-corrected chi connectivity index (χ4v) is 3.86. The lowest BCUT2D eigenvalue weighted by atomic mass is 10.1. The van der Waals surface area contributed by atoms with Gasteiger partial charge in [-0.05, 0) is 48.5 Å². The standard InChI is InChI=1S/C20H14ClF2NO3S2/c21-18-10-9-17(29-18)16(25)11-27-19(26)14-3-1-2-4-15(14)24-12-5-7-13(8-6-12)28-20(22)23/h1-10,20,24H,11H2. The normalized spacial score (nSPS) is 10.8.